The molecule has 3 fully saturated rings. The molecule has 2 aliphatic carbocycles. The summed E-state index contributed by atoms with van der Waals surface area (Å²) in [6.45, 7) is 0.697. The van der Waals surface area contributed by atoms with Crippen LogP contribution < -0.4 is 11.1 Å². The molecule has 34 heavy (non-hydrogen) atoms. The molecular formula is C25H34F3N3O2S. The molecule has 1 saturated heterocycles. The van der Waals surface area contributed by atoms with Gasteiger partial charge in [0.1, 0.15) is 0 Å². The molecule has 9 heteroatoms. The first kappa shape index (κ1) is 25.4. The molecule has 2 saturated carbocycles. The van der Waals surface area contributed by atoms with Crippen molar-refractivity contribution >= 4 is 23.6 Å². The van der Waals surface area contributed by atoms with Gasteiger partial charge in [0.25, 0.3) is 0 Å². The molecule has 3 N–H and O–H groups in total. The van der Waals surface area contributed by atoms with E-state index >= 15 is 0 Å². The van der Waals surface area contributed by atoms with Gasteiger partial charge in [0.2, 0.25) is 11.8 Å². The van der Waals surface area contributed by atoms with E-state index in [4.69, 9.17) is 5.73 Å². The number of thioether (sulfide) groups is 1. The summed E-state index contributed by atoms with van der Waals surface area (Å²) in [6, 6.07) is 5.32. The second-order valence-corrected chi connectivity index (χ2v) is 11.2. The lowest BCUT2D eigenvalue weighted by atomic mass is 9.64. The Morgan fingerprint density at radius 1 is 1.15 bits per heavy atom. The SMILES string of the molecule is NC(=O)CCC1CC2CCCC(C1)C2NC(=O)C1CSCCN1Cc1ccccc1C(F)(F)F. The van der Waals surface area contributed by atoms with Crippen LogP contribution in [-0.2, 0) is 22.3 Å². The number of carbonyl (C=O) groups is 2. The minimum atomic E-state index is -4.41. The van der Waals surface area contributed by atoms with E-state index in [9.17, 15) is 22.8 Å². The van der Waals surface area contributed by atoms with Crippen molar-refractivity contribution < 1.29 is 22.8 Å². The van der Waals surface area contributed by atoms with E-state index in [0.29, 0.717) is 36.5 Å². The van der Waals surface area contributed by atoms with Crippen LogP contribution in [0.25, 0.3) is 0 Å². The topological polar surface area (TPSA) is 75.4 Å². The van der Waals surface area contributed by atoms with E-state index in [1.54, 1.807) is 17.8 Å². The predicted octanol–water partition coefficient (Wildman–Crippen LogP) is 4.20. The first-order valence-corrected chi connectivity index (χ1v) is 13.4. The van der Waals surface area contributed by atoms with Crippen LogP contribution in [-0.4, -0.2) is 46.8 Å². The van der Waals surface area contributed by atoms with Crippen LogP contribution in [0.5, 0.6) is 0 Å². The fourth-order valence-corrected chi connectivity index (χ4v) is 7.28. The summed E-state index contributed by atoms with van der Waals surface area (Å²) in [7, 11) is 0. The molecule has 1 heterocycles. The maximum Gasteiger partial charge on any atom is 0.416 e. The highest BCUT2D eigenvalue weighted by Crippen LogP contribution is 2.44. The monoisotopic (exact) mass is 497 g/mol. The van der Waals surface area contributed by atoms with Crippen molar-refractivity contribution in [3.63, 3.8) is 0 Å². The van der Waals surface area contributed by atoms with Crippen LogP contribution in [0, 0.1) is 17.8 Å². The zero-order chi connectivity index (χ0) is 24.3. The average molecular weight is 498 g/mol. The highest BCUT2D eigenvalue weighted by atomic mass is 32.2. The Morgan fingerprint density at radius 2 is 1.85 bits per heavy atom. The maximum atomic E-state index is 13.5. The average Bonchev–Trinajstić information content (AvgIpc) is 2.78. The Labute approximate surface area is 203 Å². The minimum Gasteiger partial charge on any atom is -0.370 e. The number of fused-ring (bicyclic) bond motifs is 2. The van der Waals surface area contributed by atoms with Gasteiger partial charge in [-0.2, -0.15) is 24.9 Å². The summed E-state index contributed by atoms with van der Waals surface area (Å²) >= 11 is 1.68. The number of benzene rings is 1. The third kappa shape index (κ3) is 6.08. The summed E-state index contributed by atoms with van der Waals surface area (Å²) in [4.78, 5) is 26.5. The Kier molecular flexibility index (Phi) is 8.12. The van der Waals surface area contributed by atoms with Crippen molar-refractivity contribution in [2.75, 3.05) is 18.1 Å². The molecule has 188 valence electrons. The summed E-state index contributed by atoms with van der Waals surface area (Å²) in [5.41, 5.74) is 4.92. The smallest absolute Gasteiger partial charge is 0.370 e. The molecular weight excluding hydrogens is 463 g/mol. The quantitative estimate of drug-likeness (QED) is 0.592. The molecule has 1 aliphatic heterocycles. The second kappa shape index (κ2) is 10.9. The standard InChI is InChI=1S/C25H34F3N3O2S/c26-25(27,28)20-7-2-1-4-19(20)14-31-10-11-34-15-21(31)24(33)30-23-17-5-3-6-18(23)13-16(12-17)8-9-22(29)32/h1-2,4,7,16-18,21,23H,3,5-6,8-15H2,(H2,29,32)(H,30,33). The number of rotatable bonds is 7. The maximum absolute atomic E-state index is 13.5. The van der Waals surface area contributed by atoms with Crippen LogP contribution in [0.4, 0.5) is 13.2 Å². The van der Waals surface area contributed by atoms with Crippen molar-refractivity contribution in [2.24, 2.45) is 23.5 Å². The van der Waals surface area contributed by atoms with Gasteiger partial charge in [-0.05, 0) is 61.5 Å². The van der Waals surface area contributed by atoms with Crippen molar-refractivity contribution in [1.82, 2.24) is 10.2 Å². The fraction of sp³-hybridized carbons (Fsp3) is 0.680. The highest BCUT2D eigenvalue weighted by Gasteiger charge is 2.42. The van der Waals surface area contributed by atoms with Crippen molar-refractivity contribution in [3.05, 3.63) is 35.4 Å². The van der Waals surface area contributed by atoms with Crippen LogP contribution in [0.15, 0.2) is 24.3 Å². The number of nitrogens with one attached hydrogen (secondary N) is 1. The first-order valence-electron chi connectivity index (χ1n) is 12.3. The molecule has 0 aromatic heterocycles. The van der Waals surface area contributed by atoms with Crippen LogP contribution >= 0.6 is 11.8 Å². The second-order valence-electron chi connectivity index (χ2n) is 10.0. The Hall–Kier alpha value is -1.74. The third-order valence-corrected chi connectivity index (χ3v) is 8.81. The number of hydrogen-bond donors (Lipinski definition) is 2. The molecule has 4 rings (SSSR count). The van der Waals surface area contributed by atoms with Gasteiger partial charge < -0.3 is 11.1 Å². The molecule has 3 aliphatic rings. The summed E-state index contributed by atoms with van der Waals surface area (Å²) in [5, 5.41) is 3.33. The first-order chi connectivity index (χ1) is 16.2. The lowest BCUT2D eigenvalue weighted by Crippen LogP contribution is -2.58. The van der Waals surface area contributed by atoms with Crippen LogP contribution in [0.2, 0.25) is 0 Å². The number of carbonyl (C=O) groups excluding carboxylic acids is 2. The number of hydrogen-bond acceptors (Lipinski definition) is 4. The Morgan fingerprint density at radius 3 is 2.53 bits per heavy atom. The van der Waals surface area contributed by atoms with Gasteiger partial charge in [0.05, 0.1) is 11.6 Å². The summed E-state index contributed by atoms with van der Waals surface area (Å²) < 4.78 is 40.5. The van der Waals surface area contributed by atoms with Gasteiger partial charge in [0.15, 0.2) is 0 Å². The van der Waals surface area contributed by atoms with Gasteiger partial charge >= 0.3 is 6.18 Å². The zero-order valence-corrected chi connectivity index (χ0v) is 20.2. The normalized spacial score (nSPS) is 30.0. The highest BCUT2D eigenvalue weighted by molar-refractivity contribution is 7.99. The predicted molar refractivity (Wildman–Crippen MR) is 127 cm³/mol. The Balaban J connectivity index is 1.42. The van der Waals surface area contributed by atoms with E-state index in [2.05, 4.69) is 5.32 Å². The molecule has 2 amide bonds. The van der Waals surface area contributed by atoms with Gasteiger partial charge in [-0.3, -0.25) is 14.5 Å². The number of primary amides is 1. The van der Waals surface area contributed by atoms with Gasteiger partial charge in [-0.1, -0.05) is 24.6 Å². The summed E-state index contributed by atoms with van der Waals surface area (Å²) in [6.07, 6.45) is 2.09. The van der Waals surface area contributed by atoms with Crippen molar-refractivity contribution in [1.29, 1.82) is 0 Å². The third-order valence-electron chi connectivity index (χ3n) is 7.78. The molecule has 2 bridgehead atoms. The molecule has 5 nitrogen and oxygen atoms in total. The number of nitrogens with two attached hydrogens (primary N) is 1. The van der Waals surface area contributed by atoms with Gasteiger partial charge in [-0.15, -0.1) is 0 Å². The van der Waals surface area contributed by atoms with Gasteiger partial charge in [0, 0.05) is 37.1 Å². The van der Waals surface area contributed by atoms with Crippen molar-refractivity contribution in [2.45, 2.75) is 69.8 Å². The van der Waals surface area contributed by atoms with Gasteiger partial charge in [-0.25, -0.2) is 0 Å². The molecule has 1 aromatic rings. The van der Waals surface area contributed by atoms with E-state index in [0.717, 1.165) is 50.3 Å². The number of nitrogens with zero attached hydrogens (tertiary/aromatic N) is 1. The lowest BCUT2D eigenvalue weighted by molar-refractivity contribution is -0.138. The number of halogens is 3. The minimum absolute atomic E-state index is 0.0609. The van der Waals surface area contributed by atoms with E-state index in [1.165, 1.54) is 12.1 Å². The molecule has 1 aromatic carbocycles. The molecule has 3 atom stereocenters. The molecule has 0 spiro atoms. The number of alkyl halides is 3. The molecule has 0 radical (unpaired) electrons. The fourth-order valence-electron chi connectivity index (χ4n) is 6.17. The zero-order valence-electron chi connectivity index (χ0n) is 19.4. The largest absolute Gasteiger partial charge is 0.416 e. The van der Waals surface area contributed by atoms with Crippen molar-refractivity contribution in [3.8, 4) is 0 Å². The van der Waals surface area contributed by atoms with E-state index in [-0.39, 0.29) is 30.0 Å². The summed E-state index contributed by atoms with van der Waals surface area (Å²) in [5.74, 6) is 2.32. The number of amides is 2. The van der Waals surface area contributed by atoms with E-state index < -0.39 is 17.8 Å². The van der Waals surface area contributed by atoms with Crippen LogP contribution in [0.1, 0.15) is 56.1 Å². The molecule has 3 unspecified atom stereocenters. The lowest BCUT2D eigenvalue weighted by Gasteiger charge is -2.47. The van der Waals surface area contributed by atoms with E-state index in [1.807, 2.05) is 4.90 Å². The van der Waals surface area contributed by atoms with Crippen LogP contribution in [0.3, 0.4) is 0 Å². The Bertz CT molecular complexity index is 867.